The van der Waals surface area contributed by atoms with E-state index < -0.39 is 0 Å². The number of amides is 1. The summed E-state index contributed by atoms with van der Waals surface area (Å²) in [4.78, 5) is 22.5. The summed E-state index contributed by atoms with van der Waals surface area (Å²) < 4.78 is 12.6. The molecule has 0 unspecified atom stereocenters. The van der Waals surface area contributed by atoms with E-state index in [0.717, 1.165) is 0 Å². The quantitative estimate of drug-likeness (QED) is 0.755. The molecule has 4 heterocycles. The minimum absolute atomic E-state index is 0.00451. The van der Waals surface area contributed by atoms with E-state index in [1.807, 2.05) is 0 Å². The van der Waals surface area contributed by atoms with Crippen LogP contribution < -0.4 is 0 Å². The van der Waals surface area contributed by atoms with Crippen LogP contribution in [-0.4, -0.2) is 61.5 Å². The van der Waals surface area contributed by atoms with E-state index in [2.05, 4.69) is 20.2 Å². The van der Waals surface area contributed by atoms with Crippen LogP contribution in [0.25, 0.3) is 0 Å². The molecule has 0 radical (unpaired) electrons. The maximum atomic E-state index is 12.4. The molecule has 0 saturated carbocycles. The Morgan fingerprint density at radius 3 is 2.95 bits per heavy atom. The molecule has 2 fully saturated rings. The molecule has 0 N–H and O–H groups in total. The van der Waals surface area contributed by atoms with Crippen molar-refractivity contribution in [2.45, 2.75) is 18.9 Å². The molecule has 9 heteroatoms. The first-order chi connectivity index (χ1) is 10.6. The van der Waals surface area contributed by atoms with Crippen LogP contribution in [0.15, 0.2) is 10.9 Å². The Labute approximate surface area is 126 Å². The van der Waals surface area contributed by atoms with Crippen LogP contribution in [0.2, 0.25) is 0 Å². The summed E-state index contributed by atoms with van der Waals surface area (Å²) in [6.45, 7) is 3.48. The Morgan fingerprint density at radius 2 is 2.27 bits per heavy atom. The van der Waals surface area contributed by atoms with Gasteiger partial charge in [-0.2, -0.15) is 4.98 Å². The van der Waals surface area contributed by atoms with Gasteiger partial charge in [0.15, 0.2) is 5.82 Å². The second-order valence-electron chi connectivity index (χ2n) is 5.77. The fraction of sp³-hybridized carbons (Fsp3) is 0.615. The summed E-state index contributed by atoms with van der Waals surface area (Å²) in [5.41, 5.74) is 0. The molecule has 0 spiro atoms. The van der Waals surface area contributed by atoms with E-state index in [1.54, 1.807) is 18.9 Å². The zero-order chi connectivity index (χ0) is 15.3. The highest BCUT2D eigenvalue weighted by Crippen LogP contribution is 2.39. The molecule has 0 bridgehead atoms. The second-order valence-corrected chi connectivity index (χ2v) is 5.77. The number of ether oxygens (including phenoxy) is 1. The number of aryl methyl sites for hydroxylation is 2. The van der Waals surface area contributed by atoms with Gasteiger partial charge in [-0.3, -0.25) is 9.48 Å². The van der Waals surface area contributed by atoms with Crippen molar-refractivity contribution in [2.75, 3.05) is 19.7 Å². The molecule has 2 aliphatic rings. The molecule has 0 aliphatic carbocycles. The highest BCUT2D eigenvalue weighted by molar-refractivity contribution is 5.90. The molecule has 2 aliphatic heterocycles. The lowest BCUT2D eigenvalue weighted by molar-refractivity contribution is 0.0675. The van der Waals surface area contributed by atoms with E-state index in [0.29, 0.717) is 31.4 Å². The van der Waals surface area contributed by atoms with Gasteiger partial charge >= 0.3 is 0 Å². The SMILES string of the molecule is Cc1noc([C@H]2CO[C@@H]3CN(C(=O)c4ncn(C)n4)C[C@H]23)n1. The highest BCUT2D eigenvalue weighted by atomic mass is 16.5. The topological polar surface area (TPSA) is 99.2 Å². The van der Waals surface area contributed by atoms with Crippen LogP contribution in [0.3, 0.4) is 0 Å². The Balaban J connectivity index is 1.51. The number of nitrogens with zero attached hydrogens (tertiary/aromatic N) is 6. The van der Waals surface area contributed by atoms with E-state index in [9.17, 15) is 4.79 Å². The van der Waals surface area contributed by atoms with E-state index in [-0.39, 0.29) is 29.7 Å². The number of fused-ring (bicyclic) bond motifs is 1. The summed E-state index contributed by atoms with van der Waals surface area (Å²) in [7, 11) is 1.74. The number of aromatic nitrogens is 5. The predicted octanol–water partition coefficient (Wildman–Crippen LogP) is -0.239. The lowest BCUT2D eigenvalue weighted by atomic mass is 9.93. The van der Waals surface area contributed by atoms with Crippen LogP contribution in [0.4, 0.5) is 0 Å². The Morgan fingerprint density at radius 1 is 1.41 bits per heavy atom. The number of likely N-dealkylation sites (tertiary alicyclic amines) is 1. The zero-order valence-electron chi connectivity index (χ0n) is 12.3. The lowest BCUT2D eigenvalue weighted by Gasteiger charge is -2.16. The van der Waals surface area contributed by atoms with Gasteiger partial charge in [-0.25, -0.2) is 4.98 Å². The van der Waals surface area contributed by atoms with Crippen LogP contribution in [0.5, 0.6) is 0 Å². The largest absolute Gasteiger partial charge is 0.375 e. The number of carbonyl (C=O) groups excluding carboxylic acids is 1. The number of hydrogen-bond donors (Lipinski definition) is 0. The standard InChI is InChI=1S/C13H16N6O3/c1-7-15-12(22-17-7)9-5-21-10-4-19(3-8(9)10)13(20)11-14-6-18(2)16-11/h6,8-10H,3-5H2,1-2H3/t8-,9+,10-/m1/s1. The number of hydrogen-bond acceptors (Lipinski definition) is 7. The van der Waals surface area contributed by atoms with Gasteiger partial charge in [0, 0.05) is 26.1 Å². The molecule has 22 heavy (non-hydrogen) atoms. The summed E-state index contributed by atoms with van der Waals surface area (Å²) in [5, 5.41) is 7.90. The maximum absolute atomic E-state index is 12.4. The first-order valence-corrected chi connectivity index (χ1v) is 7.18. The number of carbonyl (C=O) groups is 1. The molecular weight excluding hydrogens is 288 g/mol. The third-order valence-electron chi connectivity index (χ3n) is 4.25. The molecule has 2 saturated heterocycles. The van der Waals surface area contributed by atoms with Gasteiger partial charge in [-0.15, -0.1) is 5.10 Å². The van der Waals surface area contributed by atoms with Crippen LogP contribution >= 0.6 is 0 Å². The summed E-state index contributed by atoms with van der Waals surface area (Å²) >= 11 is 0. The van der Waals surface area contributed by atoms with Gasteiger partial charge in [0.25, 0.3) is 5.91 Å². The summed E-state index contributed by atoms with van der Waals surface area (Å²) in [6, 6.07) is 0. The van der Waals surface area contributed by atoms with Crippen molar-refractivity contribution >= 4 is 5.91 Å². The Kier molecular flexibility index (Phi) is 2.96. The zero-order valence-corrected chi connectivity index (χ0v) is 12.3. The van der Waals surface area contributed by atoms with Gasteiger partial charge < -0.3 is 14.2 Å². The van der Waals surface area contributed by atoms with Gasteiger partial charge in [0.2, 0.25) is 11.7 Å². The number of rotatable bonds is 2. The third-order valence-corrected chi connectivity index (χ3v) is 4.25. The van der Waals surface area contributed by atoms with Crippen molar-refractivity contribution < 1.29 is 14.1 Å². The molecule has 0 aromatic carbocycles. The highest BCUT2D eigenvalue weighted by Gasteiger charge is 2.48. The third kappa shape index (κ3) is 2.08. The summed E-state index contributed by atoms with van der Waals surface area (Å²) in [5.74, 6) is 1.47. The lowest BCUT2D eigenvalue weighted by Crippen LogP contribution is -2.32. The van der Waals surface area contributed by atoms with Crippen LogP contribution in [0, 0.1) is 12.8 Å². The Bertz CT molecular complexity index is 710. The van der Waals surface area contributed by atoms with Crippen molar-refractivity contribution in [2.24, 2.45) is 13.0 Å². The van der Waals surface area contributed by atoms with Gasteiger partial charge in [-0.05, 0) is 6.92 Å². The smallest absolute Gasteiger partial charge is 0.293 e. The molecule has 4 rings (SSSR count). The van der Waals surface area contributed by atoms with Crippen LogP contribution in [0.1, 0.15) is 28.3 Å². The van der Waals surface area contributed by atoms with Gasteiger partial charge in [0.1, 0.15) is 6.33 Å². The minimum atomic E-state index is -0.168. The van der Waals surface area contributed by atoms with E-state index in [4.69, 9.17) is 9.26 Å². The van der Waals surface area contributed by atoms with Crippen molar-refractivity contribution in [3.05, 3.63) is 23.9 Å². The fourth-order valence-electron chi connectivity index (χ4n) is 3.18. The Hall–Kier alpha value is -2.29. The van der Waals surface area contributed by atoms with Crippen molar-refractivity contribution in [3.63, 3.8) is 0 Å². The van der Waals surface area contributed by atoms with Gasteiger partial charge in [0.05, 0.1) is 18.6 Å². The van der Waals surface area contributed by atoms with Gasteiger partial charge in [-0.1, -0.05) is 5.16 Å². The van der Waals surface area contributed by atoms with Crippen LogP contribution in [-0.2, 0) is 11.8 Å². The predicted molar refractivity (Wildman–Crippen MR) is 71.9 cm³/mol. The minimum Gasteiger partial charge on any atom is -0.375 e. The molecule has 3 atom stereocenters. The molecular formula is C13H16N6O3. The normalized spacial score (nSPS) is 27.4. The average Bonchev–Trinajstić information content (AvgIpc) is 3.21. The maximum Gasteiger partial charge on any atom is 0.293 e. The monoisotopic (exact) mass is 304 g/mol. The average molecular weight is 304 g/mol. The molecule has 2 aromatic rings. The fourth-order valence-corrected chi connectivity index (χ4v) is 3.18. The van der Waals surface area contributed by atoms with E-state index >= 15 is 0 Å². The second kappa shape index (κ2) is 4.87. The van der Waals surface area contributed by atoms with Crippen molar-refractivity contribution in [1.82, 2.24) is 29.8 Å². The van der Waals surface area contributed by atoms with Crippen molar-refractivity contribution in [3.8, 4) is 0 Å². The first-order valence-electron chi connectivity index (χ1n) is 7.18. The molecule has 116 valence electrons. The van der Waals surface area contributed by atoms with E-state index in [1.165, 1.54) is 11.0 Å². The summed E-state index contributed by atoms with van der Waals surface area (Å²) in [6.07, 6.45) is 1.52. The molecule has 9 nitrogen and oxygen atoms in total. The first kappa shape index (κ1) is 13.4. The molecule has 1 amide bonds. The van der Waals surface area contributed by atoms with Crippen molar-refractivity contribution in [1.29, 1.82) is 0 Å². The molecule has 2 aromatic heterocycles.